The highest BCUT2D eigenvalue weighted by Crippen LogP contribution is 2.47. The first-order chi connectivity index (χ1) is 10.5. The summed E-state index contributed by atoms with van der Waals surface area (Å²) in [5, 5.41) is 12.6. The molecule has 0 amide bonds. The molecule has 1 fully saturated rings. The normalized spacial score (nSPS) is 23.8. The van der Waals surface area contributed by atoms with Crippen LogP contribution in [0.25, 0.3) is 0 Å². The Hall–Kier alpha value is -1.27. The number of ether oxygens (including phenoxy) is 2. The van der Waals surface area contributed by atoms with Gasteiger partial charge < -0.3 is 19.9 Å². The molecule has 0 bridgehead atoms. The molecule has 1 aromatic rings. The fraction of sp³-hybridized carbons (Fsp3) is 0.562. The standard InChI is InChI=1S/C16H20BrNO4/c1-8(2)13-14(11-5-9(7-18-11)16(19)20)10(17)6-12-15(13)22-4-3-21-12/h6,8-9,11,18H,3-5,7H2,1-2H3,(H,19,20). The van der Waals surface area contributed by atoms with E-state index < -0.39 is 5.97 Å². The summed E-state index contributed by atoms with van der Waals surface area (Å²) in [7, 11) is 0. The summed E-state index contributed by atoms with van der Waals surface area (Å²) in [6, 6.07) is 1.95. The van der Waals surface area contributed by atoms with Gasteiger partial charge in [0, 0.05) is 22.6 Å². The van der Waals surface area contributed by atoms with Gasteiger partial charge in [-0.15, -0.1) is 0 Å². The summed E-state index contributed by atoms with van der Waals surface area (Å²) in [5.74, 6) is 0.742. The molecule has 1 saturated heterocycles. The van der Waals surface area contributed by atoms with Crippen LogP contribution in [-0.4, -0.2) is 30.8 Å². The molecule has 0 aliphatic carbocycles. The number of benzene rings is 1. The monoisotopic (exact) mass is 369 g/mol. The average Bonchev–Trinajstić information content (AvgIpc) is 2.95. The van der Waals surface area contributed by atoms with Crippen LogP contribution in [0.15, 0.2) is 10.5 Å². The Balaban J connectivity index is 2.05. The lowest BCUT2D eigenvalue weighted by molar-refractivity contribution is -0.141. The molecule has 1 aromatic carbocycles. The average molecular weight is 370 g/mol. The Morgan fingerprint density at radius 1 is 1.41 bits per heavy atom. The number of fused-ring (bicyclic) bond motifs is 1. The van der Waals surface area contributed by atoms with Crippen molar-refractivity contribution >= 4 is 21.9 Å². The van der Waals surface area contributed by atoms with E-state index in [9.17, 15) is 9.90 Å². The second-order valence-electron chi connectivity index (χ2n) is 6.10. The van der Waals surface area contributed by atoms with E-state index in [1.807, 2.05) is 6.07 Å². The van der Waals surface area contributed by atoms with Crippen molar-refractivity contribution in [1.82, 2.24) is 5.32 Å². The van der Waals surface area contributed by atoms with Crippen LogP contribution in [0, 0.1) is 5.92 Å². The van der Waals surface area contributed by atoms with Gasteiger partial charge in [-0.3, -0.25) is 4.79 Å². The predicted molar refractivity (Wildman–Crippen MR) is 85.7 cm³/mol. The van der Waals surface area contributed by atoms with Gasteiger partial charge >= 0.3 is 5.97 Å². The van der Waals surface area contributed by atoms with E-state index in [1.54, 1.807) is 0 Å². The predicted octanol–water partition coefficient (Wildman–Crippen LogP) is 3.08. The number of carbonyl (C=O) groups is 1. The van der Waals surface area contributed by atoms with Gasteiger partial charge in [0.25, 0.3) is 0 Å². The van der Waals surface area contributed by atoms with Crippen molar-refractivity contribution in [1.29, 1.82) is 0 Å². The Morgan fingerprint density at radius 3 is 2.77 bits per heavy atom. The highest BCUT2D eigenvalue weighted by Gasteiger charge is 2.35. The summed E-state index contributed by atoms with van der Waals surface area (Å²) in [5.41, 5.74) is 2.20. The second kappa shape index (κ2) is 6.08. The molecule has 2 aliphatic rings. The SMILES string of the molecule is CC(C)c1c2c(cc(Br)c1C1CC(C(=O)O)CN1)OCCO2. The number of aliphatic carboxylic acids is 1. The Labute approximate surface area is 138 Å². The van der Waals surface area contributed by atoms with E-state index in [-0.39, 0.29) is 17.9 Å². The smallest absolute Gasteiger partial charge is 0.307 e. The molecular formula is C16H20BrNO4. The molecule has 0 saturated carbocycles. The Morgan fingerprint density at radius 2 is 2.14 bits per heavy atom. The molecule has 0 aromatic heterocycles. The van der Waals surface area contributed by atoms with Crippen LogP contribution in [0.2, 0.25) is 0 Å². The minimum Gasteiger partial charge on any atom is -0.486 e. The molecule has 22 heavy (non-hydrogen) atoms. The van der Waals surface area contributed by atoms with Crippen molar-refractivity contribution in [3.8, 4) is 11.5 Å². The number of carboxylic acid groups (broad SMARTS) is 1. The fourth-order valence-corrected chi connectivity index (χ4v) is 3.96. The molecule has 0 spiro atoms. The van der Waals surface area contributed by atoms with Crippen LogP contribution in [-0.2, 0) is 4.79 Å². The van der Waals surface area contributed by atoms with Crippen LogP contribution in [0.5, 0.6) is 11.5 Å². The van der Waals surface area contributed by atoms with E-state index in [2.05, 4.69) is 35.1 Å². The second-order valence-corrected chi connectivity index (χ2v) is 6.95. The maximum Gasteiger partial charge on any atom is 0.307 e. The van der Waals surface area contributed by atoms with Gasteiger partial charge in [-0.1, -0.05) is 29.8 Å². The van der Waals surface area contributed by atoms with E-state index in [0.717, 1.165) is 27.1 Å². The van der Waals surface area contributed by atoms with Gasteiger partial charge in [0.15, 0.2) is 11.5 Å². The molecule has 5 nitrogen and oxygen atoms in total. The molecule has 2 heterocycles. The van der Waals surface area contributed by atoms with Gasteiger partial charge in [0.1, 0.15) is 13.2 Å². The molecule has 2 atom stereocenters. The van der Waals surface area contributed by atoms with Crippen molar-refractivity contribution in [2.75, 3.05) is 19.8 Å². The van der Waals surface area contributed by atoms with Gasteiger partial charge in [-0.25, -0.2) is 0 Å². The molecule has 2 unspecified atom stereocenters. The van der Waals surface area contributed by atoms with Crippen LogP contribution in [0.3, 0.4) is 0 Å². The largest absolute Gasteiger partial charge is 0.486 e. The first-order valence-corrected chi connectivity index (χ1v) is 8.36. The lowest BCUT2D eigenvalue weighted by Gasteiger charge is -2.28. The van der Waals surface area contributed by atoms with Crippen LogP contribution >= 0.6 is 15.9 Å². The van der Waals surface area contributed by atoms with Crippen LogP contribution in [0.1, 0.15) is 43.4 Å². The molecule has 6 heteroatoms. The highest BCUT2D eigenvalue weighted by atomic mass is 79.9. The van der Waals surface area contributed by atoms with Gasteiger partial charge in [-0.05, 0) is 24.0 Å². The zero-order valence-electron chi connectivity index (χ0n) is 12.7. The lowest BCUT2D eigenvalue weighted by Crippen LogP contribution is -2.21. The summed E-state index contributed by atoms with van der Waals surface area (Å²) in [4.78, 5) is 11.2. The molecule has 3 rings (SSSR count). The number of nitrogens with one attached hydrogen (secondary N) is 1. The van der Waals surface area contributed by atoms with Crippen molar-refractivity contribution in [3.63, 3.8) is 0 Å². The van der Waals surface area contributed by atoms with E-state index in [1.165, 1.54) is 0 Å². The van der Waals surface area contributed by atoms with E-state index >= 15 is 0 Å². The Kier molecular flexibility index (Phi) is 4.32. The van der Waals surface area contributed by atoms with Gasteiger partial charge in [0.2, 0.25) is 0 Å². The number of halogens is 1. The number of carboxylic acids is 1. The van der Waals surface area contributed by atoms with Gasteiger partial charge in [-0.2, -0.15) is 0 Å². The molecule has 0 radical (unpaired) electrons. The van der Waals surface area contributed by atoms with Crippen molar-refractivity contribution in [2.45, 2.75) is 32.2 Å². The fourth-order valence-electron chi connectivity index (χ4n) is 3.26. The third-order valence-corrected chi connectivity index (χ3v) is 4.92. The third kappa shape index (κ3) is 2.70. The summed E-state index contributed by atoms with van der Waals surface area (Å²) in [6.07, 6.45) is 0.591. The zero-order valence-corrected chi connectivity index (χ0v) is 14.3. The minimum atomic E-state index is -0.741. The molecule has 120 valence electrons. The number of hydrogen-bond acceptors (Lipinski definition) is 4. The summed E-state index contributed by atoms with van der Waals surface area (Å²) >= 11 is 3.64. The highest BCUT2D eigenvalue weighted by molar-refractivity contribution is 9.10. The lowest BCUT2D eigenvalue weighted by atomic mass is 9.89. The summed E-state index contributed by atoms with van der Waals surface area (Å²) < 4.78 is 12.5. The van der Waals surface area contributed by atoms with Gasteiger partial charge in [0.05, 0.1) is 5.92 Å². The van der Waals surface area contributed by atoms with Crippen molar-refractivity contribution in [2.24, 2.45) is 5.92 Å². The topological polar surface area (TPSA) is 67.8 Å². The zero-order chi connectivity index (χ0) is 15.9. The quantitative estimate of drug-likeness (QED) is 0.856. The van der Waals surface area contributed by atoms with Crippen LogP contribution < -0.4 is 14.8 Å². The first-order valence-electron chi connectivity index (χ1n) is 7.57. The summed E-state index contributed by atoms with van der Waals surface area (Å²) in [6.45, 7) is 5.83. The maximum atomic E-state index is 11.2. The molecular weight excluding hydrogens is 350 g/mol. The van der Waals surface area contributed by atoms with Crippen LogP contribution in [0.4, 0.5) is 0 Å². The van der Waals surface area contributed by atoms with E-state index in [0.29, 0.717) is 26.2 Å². The Bertz CT molecular complexity index is 602. The molecule has 2 aliphatic heterocycles. The first kappa shape index (κ1) is 15.6. The van der Waals surface area contributed by atoms with Crippen molar-refractivity contribution in [3.05, 3.63) is 21.7 Å². The number of hydrogen-bond donors (Lipinski definition) is 2. The van der Waals surface area contributed by atoms with Crippen molar-refractivity contribution < 1.29 is 19.4 Å². The number of rotatable bonds is 3. The van der Waals surface area contributed by atoms with E-state index in [4.69, 9.17) is 9.47 Å². The maximum absolute atomic E-state index is 11.2. The minimum absolute atomic E-state index is 0.0173. The third-order valence-electron chi connectivity index (χ3n) is 4.27. The molecule has 2 N–H and O–H groups in total.